The fourth-order valence-corrected chi connectivity index (χ4v) is 3.33. The van der Waals surface area contributed by atoms with Crippen molar-refractivity contribution in [2.45, 2.75) is 24.3 Å². The largest absolute Gasteiger partial charge is 0.508 e. The van der Waals surface area contributed by atoms with Crippen LogP contribution in [0.1, 0.15) is 19.4 Å². The summed E-state index contributed by atoms with van der Waals surface area (Å²) in [4.78, 5) is 15.9. The van der Waals surface area contributed by atoms with Crippen molar-refractivity contribution in [1.82, 2.24) is 9.36 Å². The van der Waals surface area contributed by atoms with Gasteiger partial charge in [0.05, 0.1) is 5.25 Å². The molecule has 1 aromatic carbocycles. The summed E-state index contributed by atoms with van der Waals surface area (Å²) in [6, 6.07) is 7.69. The van der Waals surface area contributed by atoms with Gasteiger partial charge in [-0.25, -0.2) is 8.42 Å². The van der Waals surface area contributed by atoms with E-state index < -0.39 is 21.0 Å². The van der Waals surface area contributed by atoms with Crippen LogP contribution in [0.25, 0.3) is 6.08 Å². The lowest BCUT2D eigenvalue weighted by Crippen LogP contribution is -2.16. The Labute approximate surface area is 148 Å². The van der Waals surface area contributed by atoms with Crippen molar-refractivity contribution in [3.05, 3.63) is 35.4 Å². The molecular weight excluding hydrogens is 364 g/mol. The number of nitrogens with one attached hydrogen (secondary N) is 1. The topological polar surface area (TPSA) is 133 Å². The van der Waals surface area contributed by atoms with Crippen molar-refractivity contribution in [2.75, 3.05) is 5.32 Å². The van der Waals surface area contributed by atoms with Gasteiger partial charge in [-0.1, -0.05) is 12.1 Å². The lowest BCUT2D eigenvalue weighted by molar-refractivity contribution is -0.112. The van der Waals surface area contributed by atoms with Crippen LogP contribution in [-0.4, -0.2) is 34.0 Å². The summed E-state index contributed by atoms with van der Waals surface area (Å²) in [5.74, 6) is -0.673. The molecule has 0 radical (unpaired) electrons. The minimum Gasteiger partial charge on any atom is -0.508 e. The molecule has 0 fully saturated rings. The summed E-state index contributed by atoms with van der Waals surface area (Å²) < 4.78 is 27.7. The Morgan fingerprint density at radius 2 is 2.00 bits per heavy atom. The Morgan fingerprint density at radius 3 is 2.56 bits per heavy atom. The van der Waals surface area contributed by atoms with E-state index >= 15 is 0 Å². The molecule has 2 aromatic rings. The second-order valence-electron chi connectivity index (χ2n) is 5.19. The third kappa shape index (κ3) is 4.40. The third-order valence-electron chi connectivity index (χ3n) is 3.07. The first-order chi connectivity index (χ1) is 11.7. The van der Waals surface area contributed by atoms with Crippen LogP contribution in [0.5, 0.6) is 5.75 Å². The van der Waals surface area contributed by atoms with Crippen molar-refractivity contribution in [1.29, 1.82) is 5.26 Å². The Morgan fingerprint density at radius 1 is 1.36 bits per heavy atom. The molecule has 0 spiro atoms. The number of rotatable bonds is 5. The molecule has 2 N–H and O–H groups in total. The summed E-state index contributed by atoms with van der Waals surface area (Å²) in [6.07, 6.45) is 1.33. The van der Waals surface area contributed by atoms with Gasteiger partial charge in [0.2, 0.25) is 15.0 Å². The zero-order chi connectivity index (χ0) is 18.6. The number of carbonyl (C=O) groups is 1. The van der Waals surface area contributed by atoms with Crippen LogP contribution in [0.15, 0.2) is 35.0 Å². The van der Waals surface area contributed by atoms with Crippen molar-refractivity contribution in [3.8, 4) is 11.8 Å². The van der Waals surface area contributed by atoms with Gasteiger partial charge < -0.3 is 5.11 Å². The summed E-state index contributed by atoms with van der Waals surface area (Å²) in [6.45, 7) is 3.01. The highest BCUT2D eigenvalue weighted by molar-refractivity contribution is 7.91. The van der Waals surface area contributed by atoms with Crippen LogP contribution in [-0.2, 0) is 14.6 Å². The van der Waals surface area contributed by atoms with Gasteiger partial charge in [-0.15, -0.1) is 0 Å². The van der Waals surface area contributed by atoms with Crippen LogP contribution in [0.4, 0.5) is 5.13 Å². The molecule has 0 unspecified atom stereocenters. The summed E-state index contributed by atoms with van der Waals surface area (Å²) in [7, 11) is -3.64. The molecule has 130 valence electrons. The number of aromatic nitrogens is 2. The van der Waals surface area contributed by atoms with E-state index in [0.29, 0.717) is 17.1 Å². The highest BCUT2D eigenvalue weighted by Crippen LogP contribution is 2.19. The lowest BCUT2D eigenvalue weighted by Gasteiger charge is -2.02. The number of aromatic hydroxyl groups is 1. The maximum Gasteiger partial charge on any atom is 0.268 e. The standard InChI is InChI=1S/C15H14N4O4S2/c1-9(2)25(22,23)15-18-14(24-19-15)17-13(21)11(8-16)7-10-3-5-12(20)6-4-10/h3-7,9,20H,1-2H3,(H,17,18,19,21)/b11-7-. The number of carbonyl (C=O) groups excluding carboxylic acids is 1. The lowest BCUT2D eigenvalue weighted by atomic mass is 10.1. The smallest absolute Gasteiger partial charge is 0.268 e. The first kappa shape index (κ1) is 18.6. The van der Waals surface area contributed by atoms with Gasteiger partial charge in [0.15, 0.2) is 0 Å². The van der Waals surface area contributed by atoms with Gasteiger partial charge in [0.25, 0.3) is 11.1 Å². The van der Waals surface area contributed by atoms with Crippen LogP contribution in [0, 0.1) is 11.3 Å². The summed E-state index contributed by atoms with van der Waals surface area (Å²) in [5, 5.41) is 19.7. The zero-order valence-corrected chi connectivity index (χ0v) is 14.9. The Balaban J connectivity index is 2.20. The van der Waals surface area contributed by atoms with E-state index in [1.54, 1.807) is 6.07 Å². The van der Waals surface area contributed by atoms with E-state index in [-0.39, 0.29) is 21.6 Å². The highest BCUT2D eigenvalue weighted by atomic mass is 32.2. The molecule has 0 bridgehead atoms. The van der Waals surface area contributed by atoms with Crippen molar-refractivity contribution >= 4 is 38.5 Å². The predicted octanol–water partition coefficient (Wildman–Crippen LogP) is 1.97. The van der Waals surface area contributed by atoms with Crippen molar-refractivity contribution in [3.63, 3.8) is 0 Å². The van der Waals surface area contributed by atoms with Crippen molar-refractivity contribution in [2.24, 2.45) is 0 Å². The average molecular weight is 378 g/mol. The molecule has 0 saturated heterocycles. The van der Waals surface area contributed by atoms with Crippen LogP contribution >= 0.6 is 11.5 Å². The normalized spacial score (nSPS) is 12.0. The predicted molar refractivity (Wildman–Crippen MR) is 92.6 cm³/mol. The van der Waals surface area contributed by atoms with Crippen molar-refractivity contribution < 1.29 is 18.3 Å². The number of hydrogen-bond donors (Lipinski definition) is 2. The molecule has 0 aliphatic rings. The van der Waals surface area contributed by atoms with Gasteiger partial charge in [-0.2, -0.15) is 14.6 Å². The Bertz CT molecular complexity index is 954. The third-order valence-corrected chi connectivity index (χ3v) is 5.75. The maximum absolute atomic E-state index is 12.1. The molecule has 0 saturated carbocycles. The van der Waals surface area contributed by atoms with Gasteiger partial charge in [-0.3, -0.25) is 10.1 Å². The molecule has 8 nitrogen and oxygen atoms in total. The molecule has 0 aliphatic heterocycles. The minimum absolute atomic E-state index is 0.0175. The number of benzene rings is 1. The fourth-order valence-electron chi connectivity index (χ4n) is 1.64. The van der Waals surface area contributed by atoms with E-state index in [4.69, 9.17) is 5.26 Å². The van der Waals surface area contributed by atoms with E-state index in [9.17, 15) is 18.3 Å². The second kappa shape index (κ2) is 7.42. The maximum atomic E-state index is 12.1. The van der Waals surface area contributed by atoms with Gasteiger partial charge >= 0.3 is 0 Å². The van der Waals surface area contributed by atoms with Crippen LogP contribution in [0.3, 0.4) is 0 Å². The Hall–Kier alpha value is -2.77. The SMILES string of the molecule is CC(C)S(=O)(=O)c1nsc(NC(=O)/C(C#N)=C\c2ccc(O)cc2)n1. The quantitative estimate of drug-likeness (QED) is 0.600. The number of sulfone groups is 1. The number of amides is 1. The first-order valence-corrected chi connectivity index (χ1v) is 9.36. The minimum atomic E-state index is -3.64. The summed E-state index contributed by atoms with van der Waals surface area (Å²) in [5.41, 5.74) is 0.346. The number of phenols is 1. The molecule has 0 aliphatic carbocycles. The molecule has 1 aromatic heterocycles. The first-order valence-electron chi connectivity index (χ1n) is 7.04. The number of phenolic OH excluding ortho intramolecular Hbond substituents is 1. The molecular formula is C15H14N4O4S2. The zero-order valence-electron chi connectivity index (χ0n) is 13.3. The second-order valence-corrected chi connectivity index (χ2v) is 8.34. The van der Waals surface area contributed by atoms with Crippen LogP contribution < -0.4 is 5.32 Å². The highest BCUT2D eigenvalue weighted by Gasteiger charge is 2.25. The monoisotopic (exact) mass is 378 g/mol. The number of anilines is 1. The Kier molecular flexibility index (Phi) is 5.51. The fraction of sp³-hybridized carbons (Fsp3) is 0.200. The number of nitrogens with zero attached hydrogens (tertiary/aromatic N) is 3. The van der Waals surface area contributed by atoms with E-state index in [1.807, 2.05) is 0 Å². The molecule has 10 heteroatoms. The van der Waals surface area contributed by atoms with Gasteiger partial charge in [0, 0.05) is 11.5 Å². The number of hydrogen-bond acceptors (Lipinski definition) is 8. The van der Waals surface area contributed by atoms with Gasteiger partial charge in [0.1, 0.15) is 17.4 Å². The molecule has 1 amide bonds. The molecule has 0 atom stereocenters. The molecule has 1 heterocycles. The molecule has 25 heavy (non-hydrogen) atoms. The molecule has 2 rings (SSSR count). The van der Waals surface area contributed by atoms with E-state index in [1.165, 1.54) is 44.2 Å². The van der Waals surface area contributed by atoms with E-state index in [0.717, 1.165) is 0 Å². The summed E-state index contributed by atoms with van der Waals surface area (Å²) >= 11 is 0.716. The average Bonchev–Trinajstić information content (AvgIpc) is 3.03. The van der Waals surface area contributed by atoms with Crippen LogP contribution in [0.2, 0.25) is 0 Å². The van der Waals surface area contributed by atoms with Gasteiger partial charge in [-0.05, 0) is 37.6 Å². The number of nitriles is 1. The van der Waals surface area contributed by atoms with E-state index in [2.05, 4.69) is 14.7 Å².